The molecule has 0 unspecified atom stereocenters. The minimum atomic E-state index is -2.93. The van der Waals surface area contributed by atoms with E-state index in [0.29, 0.717) is 45.4 Å². The van der Waals surface area contributed by atoms with Crippen LogP contribution in [0.3, 0.4) is 0 Å². The minimum Gasteiger partial charge on any atom is -0.341 e. The number of rotatable bonds is 2. The Morgan fingerprint density at radius 1 is 1.05 bits per heavy atom. The fourth-order valence-electron chi connectivity index (χ4n) is 2.45. The molecular formula is C12H20N2O4S. The van der Waals surface area contributed by atoms with Crippen molar-refractivity contribution < 1.29 is 18.0 Å². The van der Waals surface area contributed by atoms with E-state index in [4.69, 9.17) is 0 Å². The summed E-state index contributed by atoms with van der Waals surface area (Å²) in [5, 5.41) is 0. The lowest BCUT2D eigenvalue weighted by Crippen LogP contribution is -2.44. The molecule has 2 rings (SSSR count). The van der Waals surface area contributed by atoms with Gasteiger partial charge in [-0.15, -0.1) is 0 Å². The second-order valence-electron chi connectivity index (χ2n) is 5.20. The number of carbonyl (C=O) groups is 2. The topological polar surface area (TPSA) is 74.8 Å². The predicted octanol–water partition coefficient (Wildman–Crippen LogP) is -0.702. The van der Waals surface area contributed by atoms with E-state index in [-0.39, 0.29) is 29.7 Å². The maximum Gasteiger partial charge on any atom is 0.236 e. The van der Waals surface area contributed by atoms with Gasteiger partial charge in [0.2, 0.25) is 5.91 Å². The van der Waals surface area contributed by atoms with E-state index in [1.165, 1.54) is 0 Å². The molecule has 0 aromatic carbocycles. The summed E-state index contributed by atoms with van der Waals surface area (Å²) in [6.07, 6.45) is 1.48. The summed E-state index contributed by atoms with van der Waals surface area (Å²) in [5.41, 5.74) is 0. The summed E-state index contributed by atoms with van der Waals surface area (Å²) in [6.45, 7) is 2.36. The van der Waals surface area contributed by atoms with Gasteiger partial charge in [0.15, 0.2) is 9.84 Å². The first-order valence-corrected chi connectivity index (χ1v) is 8.51. The van der Waals surface area contributed by atoms with Gasteiger partial charge in [0.05, 0.1) is 18.1 Å². The quantitative estimate of drug-likeness (QED) is 0.671. The molecule has 19 heavy (non-hydrogen) atoms. The highest BCUT2D eigenvalue weighted by Gasteiger charge is 2.24. The Morgan fingerprint density at radius 2 is 1.74 bits per heavy atom. The summed E-state index contributed by atoms with van der Waals surface area (Å²) in [6, 6.07) is 0. The molecule has 0 atom stereocenters. The number of Topliss-reactive ketones (excluding diaryl/α,β-unsaturated/α-hetero) is 1. The number of hydrogen-bond acceptors (Lipinski definition) is 5. The third-order valence-corrected chi connectivity index (χ3v) is 5.40. The summed E-state index contributed by atoms with van der Waals surface area (Å²) in [7, 11) is -2.93. The van der Waals surface area contributed by atoms with Crippen LogP contribution in [0.2, 0.25) is 0 Å². The lowest BCUT2D eigenvalue weighted by atomic mass is 10.1. The number of likely N-dealkylation sites (tertiary alicyclic amines) is 1. The van der Waals surface area contributed by atoms with E-state index in [9.17, 15) is 18.0 Å². The average Bonchev–Trinajstić information content (AvgIpc) is 2.52. The number of sulfone groups is 1. The Balaban J connectivity index is 1.83. The SMILES string of the molecule is O=C1CCN(C(=O)CN2CCCS(=O)(=O)CC2)CC1. The highest BCUT2D eigenvalue weighted by atomic mass is 32.2. The van der Waals surface area contributed by atoms with Gasteiger partial charge in [-0.3, -0.25) is 14.5 Å². The Kier molecular flexibility index (Phi) is 4.57. The van der Waals surface area contributed by atoms with Crippen molar-refractivity contribution in [3.8, 4) is 0 Å². The maximum absolute atomic E-state index is 12.1. The van der Waals surface area contributed by atoms with E-state index in [1.54, 1.807) is 4.90 Å². The van der Waals surface area contributed by atoms with Crippen LogP contribution in [-0.2, 0) is 19.4 Å². The molecule has 2 heterocycles. The molecule has 0 saturated carbocycles. The highest BCUT2D eigenvalue weighted by molar-refractivity contribution is 7.91. The van der Waals surface area contributed by atoms with Crippen molar-refractivity contribution in [1.82, 2.24) is 9.80 Å². The summed E-state index contributed by atoms with van der Waals surface area (Å²) in [5.74, 6) is 0.575. The number of hydrogen-bond donors (Lipinski definition) is 0. The third kappa shape index (κ3) is 4.28. The van der Waals surface area contributed by atoms with E-state index in [2.05, 4.69) is 0 Å². The van der Waals surface area contributed by atoms with Gasteiger partial charge in [0.25, 0.3) is 0 Å². The molecule has 7 heteroatoms. The van der Waals surface area contributed by atoms with E-state index >= 15 is 0 Å². The molecular weight excluding hydrogens is 268 g/mol. The fourth-order valence-corrected chi connectivity index (χ4v) is 3.75. The van der Waals surface area contributed by atoms with Crippen molar-refractivity contribution in [2.45, 2.75) is 19.3 Å². The number of carbonyl (C=O) groups excluding carboxylic acids is 2. The Morgan fingerprint density at radius 3 is 2.42 bits per heavy atom. The van der Waals surface area contributed by atoms with Crippen LogP contribution in [0.1, 0.15) is 19.3 Å². The van der Waals surface area contributed by atoms with Crippen LogP contribution in [0.25, 0.3) is 0 Å². The van der Waals surface area contributed by atoms with Crippen LogP contribution in [0, 0.1) is 0 Å². The first-order valence-electron chi connectivity index (χ1n) is 6.68. The number of amides is 1. The van der Waals surface area contributed by atoms with Gasteiger partial charge in [0, 0.05) is 32.5 Å². The van der Waals surface area contributed by atoms with Gasteiger partial charge in [-0.1, -0.05) is 0 Å². The van der Waals surface area contributed by atoms with Gasteiger partial charge < -0.3 is 4.90 Å². The molecule has 2 saturated heterocycles. The number of nitrogens with zero attached hydrogens (tertiary/aromatic N) is 2. The zero-order valence-corrected chi connectivity index (χ0v) is 11.8. The van der Waals surface area contributed by atoms with Gasteiger partial charge in [0.1, 0.15) is 5.78 Å². The first kappa shape index (κ1) is 14.5. The van der Waals surface area contributed by atoms with Crippen LogP contribution in [0.4, 0.5) is 0 Å². The van der Waals surface area contributed by atoms with E-state index in [1.807, 2.05) is 4.90 Å². The normalized spacial score (nSPS) is 25.1. The van der Waals surface area contributed by atoms with Crippen molar-refractivity contribution in [3.63, 3.8) is 0 Å². The standard InChI is InChI=1S/C12H20N2O4S/c15-11-2-5-14(6-3-11)12(16)10-13-4-1-8-19(17,18)9-7-13/h1-10H2. The molecule has 0 aromatic rings. The molecule has 6 nitrogen and oxygen atoms in total. The van der Waals surface area contributed by atoms with Crippen molar-refractivity contribution >= 4 is 21.5 Å². The molecule has 2 aliphatic rings. The summed E-state index contributed by atoms with van der Waals surface area (Å²) < 4.78 is 23.0. The Hall–Kier alpha value is -0.950. The Bertz CT molecular complexity index is 450. The van der Waals surface area contributed by atoms with Crippen LogP contribution in [-0.4, -0.2) is 74.1 Å². The first-order chi connectivity index (χ1) is 8.96. The van der Waals surface area contributed by atoms with Gasteiger partial charge in [-0.2, -0.15) is 0 Å². The molecule has 2 fully saturated rings. The minimum absolute atomic E-state index is 0.00629. The predicted molar refractivity (Wildman–Crippen MR) is 70.5 cm³/mol. The Labute approximate surface area is 113 Å². The van der Waals surface area contributed by atoms with Crippen LogP contribution in [0.15, 0.2) is 0 Å². The summed E-state index contributed by atoms with van der Waals surface area (Å²) in [4.78, 5) is 26.8. The molecule has 0 bridgehead atoms. The van der Waals surface area contributed by atoms with Crippen molar-refractivity contribution in [2.75, 3.05) is 44.2 Å². The average molecular weight is 288 g/mol. The van der Waals surface area contributed by atoms with Crippen LogP contribution < -0.4 is 0 Å². The fraction of sp³-hybridized carbons (Fsp3) is 0.833. The molecule has 108 valence electrons. The molecule has 2 aliphatic heterocycles. The van der Waals surface area contributed by atoms with Crippen molar-refractivity contribution in [2.24, 2.45) is 0 Å². The third-order valence-electron chi connectivity index (χ3n) is 3.68. The lowest BCUT2D eigenvalue weighted by molar-refractivity contribution is -0.135. The summed E-state index contributed by atoms with van der Waals surface area (Å²) >= 11 is 0. The molecule has 0 N–H and O–H groups in total. The second-order valence-corrected chi connectivity index (χ2v) is 7.50. The zero-order chi connectivity index (χ0) is 13.9. The number of ketones is 1. The lowest BCUT2D eigenvalue weighted by Gasteiger charge is -2.28. The maximum atomic E-state index is 12.1. The van der Waals surface area contributed by atoms with Crippen LogP contribution >= 0.6 is 0 Å². The van der Waals surface area contributed by atoms with Gasteiger partial charge in [-0.05, 0) is 13.0 Å². The largest absolute Gasteiger partial charge is 0.341 e. The van der Waals surface area contributed by atoms with Gasteiger partial charge >= 0.3 is 0 Å². The zero-order valence-electron chi connectivity index (χ0n) is 11.0. The second kappa shape index (κ2) is 6.00. The molecule has 0 radical (unpaired) electrons. The van der Waals surface area contributed by atoms with Crippen molar-refractivity contribution in [3.05, 3.63) is 0 Å². The molecule has 0 aliphatic carbocycles. The van der Waals surface area contributed by atoms with Crippen LogP contribution in [0.5, 0.6) is 0 Å². The molecule has 0 spiro atoms. The van der Waals surface area contributed by atoms with E-state index < -0.39 is 9.84 Å². The number of piperidine rings is 1. The monoisotopic (exact) mass is 288 g/mol. The smallest absolute Gasteiger partial charge is 0.236 e. The van der Waals surface area contributed by atoms with Crippen molar-refractivity contribution in [1.29, 1.82) is 0 Å². The highest BCUT2D eigenvalue weighted by Crippen LogP contribution is 2.09. The van der Waals surface area contributed by atoms with E-state index in [0.717, 1.165) is 0 Å². The molecule has 0 aromatic heterocycles. The molecule has 1 amide bonds. The van der Waals surface area contributed by atoms with Gasteiger partial charge in [-0.25, -0.2) is 8.42 Å².